The van der Waals surface area contributed by atoms with Crippen molar-refractivity contribution in [2.75, 3.05) is 39.4 Å². The summed E-state index contributed by atoms with van der Waals surface area (Å²) < 4.78 is 5.65. The molecule has 7 heteroatoms. The molecule has 1 aromatic rings. The normalized spacial score (nSPS) is 24.7. The Labute approximate surface area is 178 Å². The molecule has 1 spiro atoms. The third kappa shape index (κ3) is 3.68. The van der Waals surface area contributed by atoms with E-state index in [1.807, 2.05) is 17.9 Å². The second-order valence-electron chi connectivity index (χ2n) is 9.52. The van der Waals surface area contributed by atoms with Crippen molar-refractivity contribution in [2.45, 2.75) is 57.0 Å². The van der Waals surface area contributed by atoms with Gasteiger partial charge in [-0.3, -0.25) is 9.78 Å². The summed E-state index contributed by atoms with van der Waals surface area (Å²) in [7, 11) is 0. The molecule has 162 valence electrons. The monoisotopic (exact) mass is 412 g/mol. The SMILES string of the molecule is Cc1cc(C(=O)N2CCC(N3C(=O)N(CC4CC4)CC34CCOCC4)CC2)ccn1. The van der Waals surface area contributed by atoms with Crippen LogP contribution in [0.4, 0.5) is 4.79 Å². The Morgan fingerprint density at radius 1 is 1.20 bits per heavy atom. The minimum Gasteiger partial charge on any atom is -0.381 e. The van der Waals surface area contributed by atoms with E-state index >= 15 is 0 Å². The molecule has 1 saturated carbocycles. The van der Waals surface area contributed by atoms with Crippen molar-refractivity contribution in [1.29, 1.82) is 0 Å². The smallest absolute Gasteiger partial charge is 0.320 e. The van der Waals surface area contributed by atoms with Gasteiger partial charge >= 0.3 is 6.03 Å². The molecule has 4 fully saturated rings. The third-order valence-electron chi connectivity index (χ3n) is 7.33. The minimum absolute atomic E-state index is 0.0721. The van der Waals surface area contributed by atoms with Crippen molar-refractivity contribution in [1.82, 2.24) is 19.7 Å². The van der Waals surface area contributed by atoms with E-state index in [0.29, 0.717) is 24.6 Å². The molecule has 1 aromatic heterocycles. The van der Waals surface area contributed by atoms with Crippen molar-refractivity contribution in [2.24, 2.45) is 5.92 Å². The molecule has 4 aliphatic rings. The van der Waals surface area contributed by atoms with Gasteiger partial charge in [-0.2, -0.15) is 0 Å². The Morgan fingerprint density at radius 2 is 1.93 bits per heavy atom. The summed E-state index contributed by atoms with van der Waals surface area (Å²) in [5.74, 6) is 0.775. The molecule has 1 aliphatic carbocycles. The quantitative estimate of drug-likeness (QED) is 0.763. The maximum Gasteiger partial charge on any atom is 0.320 e. The number of hydrogen-bond donors (Lipinski definition) is 0. The lowest BCUT2D eigenvalue weighted by molar-refractivity contribution is -0.0153. The van der Waals surface area contributed by atoms with Crippen LogP contribution in [0.5, 0.6) is 0 Å². The van der Waals surface area contributed by atoms with Gasteiger partial charge in [-0.05, 0) is 63.5 Å². The summed E-state index contributed by atoms with van der Waals surface area (Å²) in [5.41, 5.74) is 1.48. The molecule has 0 bridgehead atoms. The summed E-state index contributed by atoms with van der Waals surface area (Å²) in [6, 6.07) is 4.07. The van der Waals surface area contributed by atoms with Gasteiger partial charge in [0.25, 0.3) is 5.91 Å². The Hall–Kier alpha value is -2.15. The lowest BCUT2D eigenvalue weighted by Crippen LogP contribution is -2.57. The van der Waals surface area contributed by atoms with Crippen LogP contribution in [0.15, 0.2) is 18.3 Å². The van der Waals surface area contributed by atoms with Gasteiger partial charge in [0.1, 0.15) is 0 Å². The van der Waals surface area contributed by atoms with Crippen molar-refractivity contribution in [3.8, 4) is 0 Å². The molecule has 3 saturated heterocycles. The number of rotatable bonds is 4. The van der Waals surface area contributed by atoms with E-state index in [2.05, 4.69) is 14.8 Å². The van der Waals surface area contributed by atoms with Crippen LogP contribution >= 0.6 is 0 Å². The molecular formula is C23H32N4O3. The third-order valence-corrected chi connectivity index (χ3v) is 7.33. The van der Waals surface area contributed by atoms with E-state index in [9.17, 15) is 9.59 Å². The largest absolute Gasteiger partial charge is 0.381 e. The molecule has 30 heavy (non-hydrogen) atoms. The molecule has 5 rings (SSSR count). The van der Waals surface area contributed by atoms with Crippen molar-refractivity contribution in [3.05, 3.63) is 29.6 Å². The van der Waals surface area contributed by atoms with Gasteiger partial charge in [0, 0.05) is 62.9 Å². The highest BCUT2D eigenvalue weighted by Gasteiger charge is 2.53. The predicted molar refractivity (Wildman–Crippen MR) is 112 cm³/mol. The summed E-state index contributed by atoms with van der Waals surface area (Å²) >= 11 is 0. The molecule has 7 nitrogen and oxygen atoms in total. The first-order valence-electron chi connectivity index (χ1n) is 11.4. The van der Waals surface area contributed by atoms with Crippen molar-refractivity contribution in [3.63, 3.8) is 0 Å². The molecule has 0 atom stereocenters. The zero-order valence-corrected chi connectivity index (χ0v) is 17.9. The van der Waals surface area contributed by atoms with E-state index in [1.165, 1.54) is 12.8 Å². The van der Waals surface area contributed by atoms with Crippen LogP contribution in [0.3, 0.4) is 0 Å². The number of amides is 3. The number of pyridine rings is 1. The maximum absolute atomic E-state index is 13.4. The van der Waals surface area contributed by atoms with E-state index in [1.54, 1.807) is 12.3 Å². The first kappa shape index (κ1) is 19.8. The van der Waals surface area contributed by atoms with Crippen molar-refractivity contribution < 1.29 is 14.3 Å². The first-order valence-corrected chi connectivity index (χ1v) is 11.4. The average molecular weight is 413 g/mol. The molecule has 0 aromatic carbocycles. The summed E-state index contributed by atoms with van der Waals surface area (Å²) in [4.78, 5) is 36.8. The molecule has 3 aliphatic heterocycles. The standard InChI is InChI=1S/C23H32N4O3/c1-17-14-19(4-9-24-17)21(28)25-10-5-20(6-11-25)27-22(29)26(15-18-2-3-18)16-23(27)7-12-30-13-8-23/h4,9,14,18,20H,2-3,5-8,10-13,15-16H2,1H3. The molecule has 0 unspecified atom stereocenters. The fraction of sp³-hybridized carbons (Fsp3) is 0.696. The van der Waals surface area contributed by atoms with Crippen LogP contribution in [0.25, 0.3) is 0 Å². The fourth-order valence-corrected chi connectivity index (χ4v) is 5.49. The zero-order chi connectivity index (χ0) is 20.7. The van der Waals surface area contributed by atoms with E-state index in [0.717, 1.165) is 57.7 Å². The van der Waals surface area contributed by atoms with Crippen LogP contribution in [0.1, 0.15) is 54.6 Å². The minimum atomic E-state index is -0.0801. The zero-order valence-electron chi connectivity index (χ0n) is 17.9. The second kappa shape index (κ2) is 7.84. The summed E-state index contributed by atoms with van der Waals surface area (Å²) in [5, 5.41) is 0. The van der Waals surface area contributed by atoms with E-state index in [4.69, 9.17) is 4.74 Å². The Bertz CT molecular complexity index is 810. The van der Waals surface area contributed by atoms with Crippen LogP contribution in [-0.4, -0.2) is 82.6 Å². The summed E-state index contributed by atoms with van der Waals surface area (Å²) in [6.07, 6.45) is 7.76. The molecule has 4 heterocycles. The Balaban J connectivity index is 1.28. The fourth-order valence-electron chi connectivity index (χ4n) is 5.49. The highest BCUT2D eigenvalue weighted by Crippen LogP contribution is 2.41. The number of urea groups is 1. The number of likely N-dealkylation sites (tertiary alicyclic amines) is 1. The summed E-state index contributed by atoms with van der Waals surface area (Å²) in [6.45, 7) is 6.54. The Kier molecular flexibility index (Phi) is 5.17. The second-order valence-corrected chi connectivity index (χ2v) is 9.52. The lowest BCUT2D eigenvalue weighted by Gasteiger charge is -2.46. The van der Waals surface area contributed by atoms with E-state index < -0.39 is 0 Å². The number of carbonyl (C=O) groups excluding carboxylic acids is 2. The number of hydrogen-bond acceptors (Lipinski definition) is 4. The molecule has 3 amide bonds. The van der Waals surface area contributed by atoms with Crippen molar-refractivity contribution >= 4 is 11.9 Å². The number of carbonyl (C=O) groups is 2. The van der Waals surface area contributed by atoms with Gasteiger partial charge in [-0.15, -0.1) is 0 Å². The van der Waals surface area contributed by atoms with Gasteiger partial charge < -0.3 is 19.4 Å². The highest BCUT2D eigenvalue weighted by atomic mass is 16.5. The topological polar surface area (TPSA) is 66.0 Å². The first-order chi connectivity index (χ1) is 14.6. The van der Waals surface area contributed by atoms with Gasteiger partial charge in [0.2, 0.25) is 0 Å². The average Bonchev–Trinajstić information content (AvgIpc) is 3.54. The molecule has 0 radical (unpaired) electrons. The van der Waals surface area contributed by atoms with E-state index in [-0.39, 0.29) is 23.5 Å². The number of piperidine rings is 1. The highest BCUT2D eigenvalue weighted by molar-refractivity contribution is 5.94. The maximum atomic E-state index is 13.4. The van der Waals surface area contributed by atoms with Crippen LogP contribution in [-0.2, 0) is 4.74 Å². The molecule has 0 N–H and O–H groups in total. The van der Waals surface area contributed by atoms with Gasteiger partial charge in [-0.25, -0.2) is 4.79 Å². The van der Waals surface area contributed by atoms with Crippen LogP contribution in [0, 0.1) is 12.8 Å². The van der Waals surface area contributed by atoms with Gasteiger partial charge in [0.05, 0.1) is 5.54 Å². The van der Waals surface area contributed by atoms with Gasteiger partial charge in [-0.1, -0.05) is 0 Å². The molecular weight excluding hydrogens is 380 g/mol. The Morgan fingerprint density at radius 3 is 2.60 bits per heavy atom. The number of aromatic nitrogens is 1. The number of aryl methyl sites for hydroxylation is 1. The number of ether oxygens (including phenoxy) is 1. The lowest BCUT2D eigenvalue weighted by atomic mass is 9.86. The predicted octanol–water partition coefficient (Wildman–Crippen LogP) is 2.69. The van der Waals surface area contributed by atoms with Gasteiger partial charge in [0.15, 0.2) is 0 Å². The number of nitrogens with zero attached hydrogens (tertiary/aromatic N) is 4. The van der Waals surface area contributed by atoms with Crippen LogP contribution in [0.2, 0.25) is 0 Å². The van der Waals surface area contributed by atoms with Crippen LogP contribution < -0.4 is 0 Å².